The van der Waals surface area contributed by atoms with Gasteiger partial charge >= 0.3 is 5.97 Å². The Morgan fingerprint density at radius 2 is 2.00 bits per heavy atom. The quantitative estimate of drug-likeness (QED) is 0.844. The van der Waals surface area contributed by atoms with E-state index in [1.165, 1.54) is 19.6 Å². The number of carbonyl (C=O) groups excluding carboxylic acids is 1. The molecule has 1 aliphatic rings. The number of hydrogen-bond donors (Lipinski definition) is 1. The number of esters is 1. The summed E-state index contributed by atoms with van der Waals surface area (Å²) in [5, 5.41) is 0.298. The minimum Gasteiger partial charge on any atom is -0.465 e. The Kier molecular flexibility index (Phi) is 3.79. The molecule has 0 atom stereocenters. The summed E-state index contributed by atoms with van der Waals surface area (Å²) in [6.07, 6.45) is 3.39. The van der Waals surface area contributed by atoms with Crippen LogP contribution in [0.3, 0.4) is 0 Å². The van der Waals surface area contributed by atoms with Gasteiger partial charge in [0.25, 0.3) is 5.56 Å². The lowest BCUT2D eigenvalue weighted by molar-refractivity contribution is 0.0599. The third-order valence-corrected chi connectivity index (χ3v) is 3.94. The van der Waals surface area contributed by atoms with Crippen LogP contribution < -0.4 is 10.5 Å². The van der Waals surface area contributed by atoms with Crippen LogP contribution in [0.1, 0.15) is 35.3 Å². The molecule has 3 rings (SSSR count). The van der Waals surface area contributed by atoms with Crippen molar-refractivity contribution in [1.82, 2.24) is 15.0 Å². The molecular weight excluding hydrogens is 284 g/mol. The van der Waals surface area contributed by atoms with Gasteiger partial charge in [-0.1, -0.05) is 0 Å². The molecule has 0 amide bonds. The molecule has 7 nitrogen and oxygen atoms in total. The molecule has 0 bridgehead atoms. The molecule has 2 aromatic heterocycles. The van der Waals surface area contributed by atoms with Crippen molar-refractivity contribution in [3.8, 4) is 0 Å². The van der Waals surface area contributed by atoms with Gasteiger partial charge in [-0.25, -0.2) is 9.78 Å². The molecule has 1 aliphatic heterocycles. The fourth-order valence-corrected chi connectivity index (χ4v) is 2.71. The second-order valence-corrected chi connectivity index (χ2v) is 5.42. The molecule has 1 N–H and O–H groups in total. The Morgan fingerprint density at radius 3 is 2.68 bits per heavy atom. The van der Waals surface area contributed by atoms with Crippen LogP contribution in [0.5, 0.6) is 0 Å². The van der Waals surface area contributed by atoms with E-state index in [0.29, 0.717) is 22.7 Å². The van der Waals surface area contributed by atoms with Crippen molar-refractivity contribution in [2.24, 2.45) is 0 Å². The summed E-state index contributed by atoms with van der Waals surface area (Å²) in [7, 11) is 1.30. The molecule has 1 fully saturated rings. The standard InChI is InChI=1S/C15H18N4O3/c1-9-10(14(21)22-2)8-11-12(16-9)17-15(18-13(11)20)19-6-4-3-5-7-19/h8H,3-7H2,1-2H3,(H,16,17,18,20). The smallest absolute Gasteiger partial charge is 0.339 e. The summed E-state index contributed by atoms with van der Waals surface area (Å²) < 4.78 is 4.70. The first-order valence-corrected chi connectivity index (χ1v) is 7.35. The number of rotatable bonds is 2. The van der Waals surface area contributed by atoms with E-state index < -0.39 is 5.97 Å². The Labute approximate surface area is 127 Å². The first kappa shape index (κ1) is 14.5. The Bertz CT molecular complexity index is 778. The van der Waals surface area contributed by atoms with Crippen molar-refractivity contribution in [1.29, 1.82) is 0 Å². The molecule has 1 saturated heterocycles. The van der Waals surface area contributed by atoms with Gasteiger partial charge in [0.2, 0.25) is 5.95 Å². The lowest BCUT2D eigenvalue weighted by atomic mass is 10.1. The van der Waals surface area contributed by atoms with Crippen molar-refractivity contribution in [3.05, 3.63) is 27.7 Å². The monoisotopic (exact) mass is 302 g/mol. The minimum absolute atomic E-state index is 0.285. The molecule has 116 valence electrons. The lowest BCUT2D eigenvalue weighted by Gasteiger charge is -2.26. The average molecular weight is 302 g/mol. The lowest BCUT2D eigenvalue weighted by Crippen LogP contribution is -2.32. The van der Waals surface area contributed by atoms with E-state index in [9.17, 15) is 9.59 Å². The zero-order valence-corrected chi connectivity index (χ0v) is 12.7. The van der Waals surface area contributed by atoms with E-state index in [-0.39, 0.29) is 11.1 Å². The fourth-order valence-electron chi connectivity index (χ4n) is 2.71. The zero-order valence-electron chi connectivity index (χ0n) is 12.7. The van der Waals surface area contributed by atoms with Gasteiger partial charge < -0.3 is 9.64 Å². The van der Waals surface area contributed by atoms with Crippen molar-refractivity contribution in [2.45, 2.75) is 26.2 Å². The highest BCUT2D eigenvalue weighted by Gasteiger charge is 2.18. The van der Waals surface area contributed by atoms with Crippen LogP contribution in [-0.4, -0.2) is 41.1 Å². The number of hydrogen-bond acceptors (Lipinski definition) is 6. The molecular formula is C15H18N4O3. The Morgan fingerprint density at radius 1 is 1.27 bits per heavy atom. The van der Waals surface area contributed by atoms with E-state index in [2.05, 4.69) is 19.9 Å². The summed E-state index contributed by atoms with van der Waals surface area (Å²) in [5.41, 5.74) is 0.854. The highest BCUT2D eigenvalue weighted by molar-refractivity contribution is 5.94. The number of aromatic amines is 1. The van der Waals surface area contributed by atoms with E-state index in [0.717, 1.165) is 25.9 Å². The summed E-state index contributed by atoms with van der Waals surface area (Å²) in [5.74, 6) is 0.0429. The van der Waals surface area contributed by atoms with Crippen molar-refractivity contribution >= 4 is 23.0 Å². The van der Waals surface area contributed by atoms with E-state index in [4.69, 9.17) is 4.74 Å². The van der Waals surface area contributed by atoms with Gasteiger partial charge in [0.15, 0.2) is 5.65 Å². The molecule has 22 heavy (non-hydrogen) atoms. The highest BCUT2D eigenvalue weighted by atomic mass is 16.5. The Balaban J connectivity index is 2.11. The average Bonchev–Trinajstić information content (AvgIpc) is 2.54. The summed E-state index contributed by atoms with van der Waals surface area (Å²) in [6, 6.07) is 1.50. The number of carbonyl (C=O) groups is 1. The number of fused-ring (bicyclic) bond motifs is 1. The molecule has 7 heteroatoms. The maximum Gasteiger partial charge on any atom is 0.339 e. The molecule has 0 saturated carbocycles. The van der Waals surface area contributed by atoms with Gasteiger partial charge in [0.1, 0.15) is 0 Å². The zero-order chi connectivity index (χ0) is 15.7. The van der Waals surface area contributed by atoms with Crippen molar-refractivity contribution in [2.75, 3.05) is 25.1 Å². The number of aryl methyl sites for hydroxylation is 1. The number of H-pyrrole nitrogens is 1. The normalized spacial score (nSPS) is 15.1. The molecule has 2 aromatic rings. The van der Waals surface area contributed by atoms with Crippen LogP contribution >= 0.6 is 0 Å². The largest absolute Gasteiger partial charge is 0.465 e. The van der Waals surface area contributed by atoms with Crippen LogP contribution in [0, 0.1) is 6.92 Å². The van der Waals surface area contributed by atoms with Crippen LogP contribution in [0.2, 0.25) is 0 Å². The highest BCUT2D eigenvalue weighted by Crippen LogP contribution is 2.18. The van der Waals surface area contributed by atoms with Crippen LogP contribution in [-0.2, 0) is 4.74 Å². The molecule has 0 spiro atoms. The molecule has 0 aromatic carbocycles. The minimum atomic E-state index is -0.508. The van der Waals surface area contributed by atoms with Crippen molar-refractivity contribution in [3.63, 3.8) is 0 Å². The maximum absolute atomic E-state index is 12.3. The predicted octanol–water partition coefficient (Wildman–Crippen LogP) is 1.40. The third-order valence-electron chi connectivity index (χ3n) is 3.94. The molecule has 0 unspecified atom stereocenters. The van der Waals surface area contributed by atoms with Gasteiger partial charge in [-0.15, -0.1) is 0 Å². The van der Waals surface area contributed by atoms with Crippen molar-refractivity contribution < 1.29 is 9.53 Å². The first-order valence-electron chi connectivity index (χ1n) is 7.35. The van der Waals surface area contributed by atoms with Crippen LogP contribution in [0.15, 0.2) is 10.9 Å². The van der Waals surface area contributed by atoms with Gasteiger partial charge in [-0.3, -0.25) is 9.78 Å². The van der Waals surface area contributed by atoms with Gasteiger partial charge in [-0.2, -0.15) is 4.98 Å². The maximum atomic E-state index is 12.3. The third kappa shape index (κ3) is 2.54. The second kappa shape index (κ2) is 5.75. The summed E-state index contributed by atoms with van der Waals surface area (Å²) >= 11 is 0. The van der Waals surface area contributed by atoms with E-state index >= 15 is 0 Å². The predicted molar refractivity (Wildman–Crippen MR) is 82.3 cm³/mol. The SMILES string of the molecule is COC(=O)c1cc2c(=O)[nH]c(N3CCCCC3)nc2nc1C. The van der Waals surface area contributed by atoms with E-state index in [1.807, 2.05) is 0 Å². The van der Waals surface area contributed by atoms with Crippen LogP contribution in [0.4, 0.5) is 5.95 Å². The van der Waals surface area contributed by atoms with E-state index in [1.54, 1.807) is 6.92 Å². The van der Waals surface area contributed by atoms with Crippen LogP contribution in [0.25, 0.3) is 11.0 Å². The number of pyridine rings is 1. The first-order chi connectivity index (χ1) is 10.6. The molecule has 0 radical (unpaired) electrons. The number of anilines is 1. The number of nitrogens with zero attached hydrogens (tertiary/aromatic N) is 3. The number of nitrogens with one attached hydrogen (secondary N) is 1. The second-order valence-electron chi connectivity index (χ2n) is 5.42. The fraction of sp³-hybridized carbons (Fsp3) is 0.467. The summed E-state index contributed by atoms with van der Waals surface area (Å²) in [4.78, 5) is 37.6. The number of aromatic nitrogens is 3. The van der Waals surface area contributed by atoms with Gasteiger partial charge in [-0.05, 0) is 32.3 Å². The molecule has 3 heterocycles. The Hall–Kier alpha value is -2.44. The molecule has 0 aliphatic carbocycles. The van der Waals surface area contributed by atoms with Gasteiger partial charge in [0.05, 0.1) is 23.8 Å². The topological polar surface area (TPSA) is 88.2 Å². The number of methoxy groups -OCH3 is 1. The number of ether oxygens (including phenoxy) is 1. The summed E-state index contributed by atoms with van der Waals surface area (Å²) in [6.45, 7) is 3.47. The van der Waals surface area contributed by atoms with Gasteiger partial charge in [0, 0.05) is 13.1 Å². The number of piperidine rings is 1.